The molecule has 0 bridgehead atoms. The van der Waals surface area contributed by atoms with Crippen molar-refractivity contribution < 1.29 is 13.2 Å². The van der Waals surface area contributed by atoms with Crippen LogP contribution in [0.4, 0.5) is 24.8 Å². The van der Waals surface area contributed by atoms with Crippen LogP contribution in [0.2, 0.25) is 0 Å². The SMILES string of the molecule is CCNc1cc(NC2C(C)(C)C2(C)C)nc(C(F)(F)F)n1. The fourth-order valence-electron chi connectivity index (χ4n) is 2.62. The van der Waals surface area contributed by atoms with Crippen molar-refractivity contribution in [2.24, 2.45) is 10.8 Å². The highest BCUT2D eigenvalue weighted by atomic mass is 19.4. The van der Waals surface area contributed by atoms with Crippen LogP contribution in [0.15, 0.2) is 6.07 Å². The number of aromatic nitrogens is 2. The number of alkyl halides is 3. The van der Waals surface area contributed by atoms with Crippen LogP contribution in [0.3, 0.4) is 0 Å². The number of nitrogens with zero attached hydrogens (tertiary/aromatic N) is 2. The second kappa shape index (κ2) is 4.74. The summed E-state index contributed by atoms with van der Waals surface area (Å²) in [4.78, 5) is 7.12. The summed E-state index contributed by atoms with van der Waals surface area (Å²) in [7, 11) is 0. The maximum absolute atomic E-state index is 12.9. The average Bonchev–Trinajstić information content (AvgIpc) is 2.71. The molecular formula is C14H21F3N4. The van der Waals surface area contributed by atoms with Gasteiger partial charge in [-0.2, -0.15) is 13.2 Å². The third-order valence-electron chi connectivity index (χ3n) is 4.65. The first-order chi connectivity index (χ1) is 9.50. The molecule has 0 saturated heterocycles. The maximum Gasteiger partial charge on any atom is 0.451 e. The molecule has 0 aromatic carbocycles. The molecule has 0 aliphatic heterocycles. The molecule has 0 spiro atoms. The van der Waals surface area contributed by atoms with E-state index in [1.54, 1.807) is 6.92 Å². The zero-order chi connectivity index (χ0) is 16.1. The molecule has 1 heterocycles. The van der Waals surface area contributed by atoms with Crippen molar-refractivity contribution in [2.75, 3.05) is 17.2 Å². The van der Waals surface area contributed by atoms with E-state index >= 15 is 0 Å². The maximum atomic E-state index is 12.9. The summed E-state index contributed by atoms with van der Waals surface area (Å²) >= 11 is 0. The average molecular weight is 302 g/mol. The topological polar surface area (TPSA) is 49.8 Å². The Balaban J connectivity index is 2.30. The summed E-state index contributed by atoms with van der Waals surface area (Å²) in [6.45, 7) is 10.6. The number of anilines is 2. The van der Waals surface area contributed by atoms with Crippen LogP contribution in [0.1, 0.15) is 40.4 Å². The molecule has 118 valence electrons. The van der Waals surface area contributed by atoms with Gasteiger partial charge in [-0.3, -0.25) is 0 Å². The van der Waals surface area contributed by atoms with Crippen molar-refractivity contribution in [1.29, 1.82) is 0 Å². The molecule has 0 atom stereocenters. The zero-order valence-corrected chi connectivity index (χ0v) is 12.9. The van der Waals surface area contributed by atoms with E-state index in [0.29, 0.717) is 6.54 Å². The third kappa shape index (κ3) is 2.78. The van der Waals surface area contributed by atoms with Crippen LogP contribution < -0.4 is 10.6 Å². The molecule has 0 unspecified atom stereocenters. The second-order valence-corrected chi connectivity index (χ2v) is 6.51. The molecule has 0 radical (unpaired) electrons. The normalized spacial score (nSPS) is 20.2. The molecule has 21 heavy (non-hydrogen) atoms. The van der Waals surface area contributed by atoms with Crippen LogP contribution in [-0.2, 0) is 6.18 Å². The fourth-order valence-corrected chi connectivity index (χ4v) is 2.62. The molecule has 1 aromatic rings. The Bertz CT molecular complexity index is 524. The lowest BCUT2D eigenvalue weighted by Gasteiger charge is -2.13. The van der Waals surface area contributed by atoms with Gasteiger partial charge < -0.3 is 10.6 Å². The van der Waals surface area contributed by atoms with Gasteiger partial charge in [0, 0.05) is 18.7 Å². The van der Waals surface area contributed by atoms with Crippen molar-refractivity contribution >= 4 is 11.6 Å². The predicted octanol–water partition coefficient (Wildman–Crippen LogP) is 3.77. The van der Waals surface area contributed by atoms with Crippen molar-refractivity contribution in [3.05, 3.63) is 11.9 Å². The van der Waals surface area contributed by atoms with Gasteiger partial charge >= 0.3 is 6.18 Å². The van der Waals surface area contributed by atoms with Crippen LogP contribution in [0.5, 0.6) is 0 Å². The van der Waals surface area contributed by atoms with Gasteiger partial charge in [-0.25, -0.2) is 9.97 Å². The minimum absolute atomic E-state index is 0.00863. The summed E-state index contributed by atoms with van der Waals surface area (Å²) in [6.07, 6.45) is -4.56. The van der Waals surface area contributed by atoms with E-state index in [1.165, 1.54) is 6.07 Å². The standard InChI is InChI=1S/C14H21F3N4/c1-6-18-8-7-9(21-11(20-8)14(15,16)17)19-10-12(2,3)13(10,4)5/h7,10H,6H2,1-5H3,(H2,18,19,20,21). The summed E-state index contributed by atoms with van der Waals surface area (Å²) < 4.78 is 38.6. The van der Waals surface area contributed by atoms with Gasteiger partial charge in [-0.15, -0.1) is 0 Å². The van der Waals surface area contributed by atoms with Crippen molar-refractivity contribution in [2.45, 2.75) is 46.8 Å². The van der Waals surface area contributed by atoms with E-state index in [1.807, 2.05) is 0 Å². The van der Waals surface area contributed by atoms with Gasteiger partial charge in [0.15, 0.2) is 0 Å². The number of halogens is 3. The number of hydrogen-bond donors (Lipinski definition) is 2. The minimum atomic E-state index is -4.56. The van der Waals surface area contributed by atoms with Gasteiger partial charge in [-0.05, 0) is 17.8 Å². The van der Waals surface area contributed by atoms with Gasteiger partial charge in [-0.1, -0.05) is 27.7 Å². The van der Waals surface area contributed by atoms with Crippen LogP contribution in [0.25, 0.3) is 0 Å². The lowest BCUT2D eigenvalue weighted by Crippen LogP contribution is -2.17. The van der Waals surface area contributed by atoms with Crippen molar-refractivity contribution in [3.63, 3.8) is 0 Å². The largest absolute Gasteiger partial charge is 0.451 e. The molecule has 1 aliphatic carbocycles. The van der Waals surface area contributed by atoms with E-state index in [2.05, 4.69) is 48.3 Å². The van der Waals surface area contributed by atoms with Gasteiger partial charge in [0.25, 0.3) is 0 Å². The summed E-state index contributed by atoms with van der Waals surface area (Å²) in [5.41, 5.74) is 0.0173. The minimum Gasteiger partial charge on any atom is -0.370 e. The summed E-state index contributed by atoms with van der Waals surface area (Å²) in [6, 6.07) is 1.60. The van der Waals surface area contributed by atoms with E-state index in [9.17, 15) is 13.2 Å². The van der Waals surface area contributed by atoms with Crippen molar-refractivity contribution in [1.82, 2.24) is 9.97 Å². The first kappa shape index (κ1) is 15.9. The van der Waals surface area contributed by atoms with Crippen LogP contribution in [0, 0.1) is 10.8 Å². The number of nitrogens with one attached hydrogen (secondary N) is 2. The summed E-state index contributed by atoms with van der Waals surface area (Å²) in [5, 5.41) is 5.92. The van der Waals surface area contributed by atoms with Crippen LogP contribution >= 0.6 is 0 Å². The molecule has 1 fully saturated rings. The molecule has 2 N–H and O–H groups in total. The van der Waals surface area contributed by atoms with Gasteiger partial charge in [0.1, 0.15) is 11.6 Å². The van der Waals surface area contributed by atoms with E-state index in [-0.39, 0.29) is 28.5 Å². The lowest BCUT2D eigenvalue weighted by atomic mass is 10.0. The first-order valence-electron chi connectivity index (χ1n) is 6.97. The monoisotopic (exact) mass is 302 g/mol. The Morgan fingerprint density at radius 2 is 1.62 bits per heavy atom. The highest BCUT2D eigenvalue weighted by molar-refractivity contribution is 5.50. The lowest BCUT2D eigenvalue weighted by molar-refractivity contribution is -0.144. The Morgan fingerprint density at radius 3 is 2.05 bits per heavy atom. The Kier molecular flexibility index (Phi) is 3.58. The number of hydrogen-bond acceptors (Lipinski definition) is 4. The quantitative estimate of drug-likeness (QED) is 0.889. The molecule has 4 nitrogen and oxygen atoms in total. The second-order valence-electron chi connectivity index (χ2n) is 6.51. The number of rotatable bonds is 4. The highest BCUT2D eigenvalue weighted by Gasteiger charge is 2.65. The first-order valence-corrected chi connectivity index (χ1v) is 6.97. The molecule has 7 heteroatoms. The summed E-state index contributed by atoms with van der Waals surface area (Å²) in [5.74, 6) is -0.741. The molecule has 1 aliphatic rings. The fraction of sp³-hybridized carbons (Fsp3) is 0.714. The Morgan fingerprint density at radius 1 is 1.10 bits per heavy atom. The van der Waals surface area contributed by atoms with E-state index in [0.717, 1.165) is 0 Å². The molecule has 2 rings (SSSR count). The Hall–Kier alpha value is -1.53. The predicted molar refractivity (Wildman–Crippen MR) is 76.2 cm³/mol. The molecule has 1 saturated carbocycles. The van der Waals surface area contributed by atoms with Crippen molar-refractivity contribution in [3.8, 4) is 0 Å². The smallest absolute Gasteiger partial charge is 0.370 e. The zero-order valence-electron chi connectivity index (χ0n) is 12.9. The molecule has 1 aromatic heterocycles. The molecule has 0 amide bonds. The van der Waals surface area contributed by atoms with E-state index < -0.39 is 12.0 Å². The van der Waals surface area contributed by atoms with Gasteiger partial charge in [0.05, 0.1) is 0 Å². The molecular weight excluding hydrogens is 281 g/mol. The third-order valence-corrected chi connectivity index (χ3v) is 4.65. The Labute approximate surface area is 122 Å². The van der Waals surface area contributed by atoms with Crippen LogP contribution in [-0.4, -0.2) is 22.6 Å². The van der Waals surface area contributed by atoms with Gasteiger partial charge in [0.2, 0.25) is 5.82 Å². The highest BCUT2D eigenvalue weighted by Crippen LogP contribution is 2.63. The van der Waals surface area contributed by atoms with E-state index in [4.69, 9.17) is 0 Å².